The monoisotopic (exact) mass is 1120 g/mol. The van der Waals surface area contributed by atoms with E-state index in [-0.39, 0.29) is 31.5 Å². The van der Waals surface area contributed by atoms with Crippen molar-refractivity contribution in [1.82, 2.24) is 5.32 Å². The first-order valence-corrected chi connectivity index (χ1v) is 34.1. The SMILES string of the molecule is CC/C=C/C=C/C=C\CCCCCCCC(=O)OC(/C=C\CCCCCCCCCCCCC)C(COP(=O)(O)OCC[N+](C)(C)C)NC(=O)CCCCCCCCCCCCC/C=C\C/C=C\C/C=C\C/C=C\CCCCC. The van der Waals surface area contributed by atoms with Crippen LogP contribution in [0.2, 0.25) is 0 Å². The number of nitrogens with one attached hydrogen (secondary N) is 1. The molecular weight excluding hydrogens is 1000 g/mol. The molecule has 0 rings (SSSR count). The topological polar surface area (TPSA) is 111 Å². The third-order valence-corrected chi connectivity index (χ3v) is 15.1. The summed E-state index contributed by atoms with van der Waals surface area (Å²) in [6.45, 7) is 6.84. The number of carbonyl (C=O) groups is 2. The van der Waals surface area contributed by atoms with Crippen LogP contribution in [0.15, 0.2) is 97.2 Å². The van der Waals surface area contributed by atoms with E-state index in [2.05, 4.69) is 111 Å². The van der Waals surface area contributed by atoms with Gasteiger partial charge in [-0.15, -0.1) is 0 Å². The van der Waals surface area contributed by atoms with E-state index in [1.54, 1.807) is 0 Å². The number of carbonyl (C=O) groups excluding carboxylic acids is 2. The molecule has 0 bridgehead atoms. The van der Waals surface area contributed by atoms with Crippen molar-refractivity contribution in [2.75, 3.05) is 40.9 Å². The van der Waals surface area contributed by atoms with Crippen molar-refractivity contribution < 1.29 is 37.3 Å². The molecule has 456 valence electrons. The van der Waals surface area contributed by atoms with E-state index in [1.807, 2.05) is 33.3 Å². The van der Waals surface area contributed by atoms with Crippen LogP contribution in [0.5, 0.6) is 0 Å². The molecule has 1 amide bonds. The van der Waals surface area contributed by atoms with Crippen LogP contribution in [-0.2, 0) is 27.9 Å². The minimum Gasteiger partial charge on any atom is -0.456 e. The highest BCUT2D eigenvalue weighted by Gasteiger charge is 2.30. The van der Waals surface area contributed by atoms with E-state index in [0.717, 1.165) is 96.3 Å². The second-order valence-corrected chi connectivity index (χ2v) is 24.4. The fourth-order valence-electron chi connectivity index (χ4n) is 9.04. The van der Waals surface area contributed by atoms with Gasteiger partial charge >= 0.3 is 13.8 Å². The van der Waals surface area contributed by atoms with Crippen molar-refractivity contribution in [3.8, 4) is 0 Å². The molecule has 0 fully saturated rings. The normalized spacial score (nSPS) is 14.3. The highest BCUT2D eigenvalue weighted by Crippen LogP contribution is 2.43. The van der Waals surface area contributed by atoms with Gasteiger partial charge in [-0.3, -0.25) is 18.6 Å². The zero-order valence-electron chi connectivity index (χ0n) is 52.1. The smallest absolute Gasteiger partial charge is 0.456 e. The molecule has 9 nitrogen and oxygen atoms in total. The Morgan fingerprint density at radius 3 is 1.34 bits per heavy atom. The van der Waals surface area contributed by atoms with Gasteiger partial charge in [0.2, 0.25) is 5.91 Å². The predicted octanol–water partition coefficient (Wildman–Crippen LogP) is 20.3. The Morgan fingerprint density at radius 2 is 0.861 bits per heavy atom. The number of amides is 1. The van der Waals surface area contributed by atoms with E-state index in [0.29, 0.717) is 23.9 Å². The van der Waals surface area contributed by atoms with E-state index >= 15 is 0 Å². The van der Waals surface area contributed by atoms with Crippen LogP contribution < -0.4 is 5.32 Å². The van der Waals surface area contributed by atoms with Gasteiger partial charge in [0.25, 0.3) is 0 Å². The van der Waals surface area contributed by atoms with Crippen molar-refractivity contribution in [2.24, 2.45) is 0 Å². The number of esters is 1. The Kier molecular flexibility index (Phi) is 55.9. The van der Waals surface area contributed by atoms with Gasteiger partial charge in [0.1, 0.15) is 19.3 Å². The molecule has 0 saturated carbocycles. The van der Waals surface area contributed by atoms with Crippen LogP contribution in [-0.4, -0.2) is 74.3 Å². The molecular formula is C69H124N2O7P+. The first-order chi connectivity index (χ1) is 38.4. The van der Waals surface area contributed by atoms with Crippen molar-refractivity contribution >= 4 is 19.7 Å². The molecule has 2 N–H and O–H groups in total. The van der Waals surface area contributed by atoms with Gasteiger partial charge in [-0.1, -0.05) is 266 Å². The van der Waals surface area contributed by atoms with Crippen LogP contribution in [0.1, 0.15) is 278 Å². The van der Waals surface area contributed by atoms with Crippen molar-refractivity contribution in [1.29, 1.82) is 0 Å². The summed E-state index contributed by atoms with van der Waals surface area (Å²) >= 11 is 0. The number of nitrogens with zero attached hydrogens (tertiary/aromatic N) is 1. The number of allylic oxidation sites excluding steroid dienone is 15. The molecule has 0 aromatic heterocycles. The second-order valence-electron chi connectivity index (χ2n) is 23.0. The maximum atomic E-state index is 13.6. The summed E-state index contributed by atoms with van der Waals surface area (Å²) in [6, 6.07) is -0.864. The number of hydrogen-bond donors (Lipinski definition) is 2. The molecule has 3 unspecified atom stereocenters. The lowest BCUT2D eigenvalue weighted by molar-refractivity contribution is -0.870. The molecule has 0 radical (unpaired) electrons. The van der Waals surface area contributed by atoms with Crippen LogP contribution in [0, 0.1) is 0 Å². The number of ether oxygens (including phenoxy) is 1. The number of phosphoric acid groups is 1. The molecule has 0 saturated heterocycles. The number of hydrogen-bond acceptors (Lipinski definition) is 6. The average molecular weight is 1120 g/mol. The standard InChI is InChI=1S/C69H123N2O7P/c1-7-10-13-16-19-22-25-28-29-30-31-32-33-34-35-36-37-38-39-40-41-44-46-49-52-55-58-61-68(72)70-66(65-77-79(74,75)76-64-63-71(4,5)6)67(60-57-54-51-48-45-42-26-23-20-17-14-11-8-2)78-69(73)62-59-56-53-50-47-43-27-24-21-18-15-12-9-3/h12,15,18-19,21-22,24,27-29,31-32,34-35,57,60,66-67H,7-11,13-14,16-17,20,23,25-26,30,33,36-56,58-59,61-65H2,1-6H3,(H-,70,72,74,75)/p+1/b15-12+,21-18+,22-19-,27-24-,29-28-,32-31-,35-34-,60-57-. The third-order valence-electron chi connectivity index (χ3n) is 14.1. The van der Waals surface area contributed by atoms with Gasteiger partial charge < -0.3 is 19.4 Å². The minimum absolute atomic E-state index is 0.0321. The zero-order valence-corrected chi connectivity index (χ0v) is 53.0. The Labute approximate surface area is 488 Å². The number of unbranched alkanes of at least 4 members (excludes halogenated alkanes) is 30. The average Bonchev–Trinajstić information content (AvgIpc) is 3.41. The van der Waals surface area contributed by atoms with Gasteiger partial charge in [0, 0.05) is 12.8 Å². The molecule has 0 aromatic carbocycles. The fourth-order valence-corrected chi connectivity index (χ4v) is 9.78. The number of quaternary nitrogens is 1. The first-order valence-electron chi connectivity index (χ1n) is 32.6. The van der Waals surface area contributed by atoms with E-state index in [1.165, 1.54) is 141 Å². The summed E-state index contributed by atoms with van der Waals surface area (Å²) < 4.78 is 30.7. The third kappa shape index (κ3) is 59.4. The molecule has 10 heteroatoms. The van der Waals surface area contributed by atoms with Gasteiger partial charge in [-0.05, 0) is 96.0 Å². The highest BCUT2D eigenvalue weighted by atomic mass is 31.2. The zero-order chi connectivity index (χ0) is 57.9. The van der Waals surface area contributed by atoms with E-state index in [9.17, 15) is 19.0 Å². The maximum absolute atomic E-state index is 13.6. The molecule has 0 aromatic rings. The second kappa shape index (κ2) is 58.1. The quantitative estimate of drug-likeness (QED) is 0.0156. The lowest BCUT2D eigenvalue weighted by Crippen LogP contribution is -2.47. The summed E-state index contributed by atoms with van der Waals surface area (Å²) in [5.41, 5.74) is 0. The summed E-state index contributed by atoms with van der Waals surface area (Å²) in [7, 11) is 1.47. The highest BCUT2D eigenvalue weighted by molar-refractivity contribution is 7.47. The number of phosphoric ester groups is 1. The van der Waals surface area contributed by atoms with Crippen LogP contribution in [0.4, 0.5) is 0 Å². The Balaban J connectivity index is 5.11. The summed E-state index contributed by atoms with van der Waals surface area (Å²) in [5, 5.41) is 3.05. The predicted molar refractivity (Wildman–Crippen MR) is 341 cm³/mol. The molecule has 0 spiro atoms. The summed E-state index contributed by atoms with van der Waals surface area (Å²) in [6.07, 6.45) is 78.4. The van der Waals surface area contributed by atoms with Gasteiger partial charge in [0.15, 0.2) is 0 Å². The van der Waals surface area contributed by atoms with Gasteiger partial charge in [0.05, 0.1) is 33.8 Å². The fraction of sp³-hybridized carbons (Fsp3) is 0.739. The summed E-state index contributed by atoms with van der Waals surface area (Å²) in [4.78, 5) is 37.7. The molecule has 79 heavy (non-hydrogen) atoms. The van der Waals surface area contributed by atoms with Crippen molar-refractivity contribution in [2.45, 2.75) is 290 Å². The Morgan fingerprint density at radius 1 is 0.468 bits per heavy atom. The largest absolute Gasteiger partial charge is 0.472 e. The maximum Gasteiger partial charge on any atom is 0.472 e. The molecule has 0 aliphatic carbocycles. The van der Waals surface area contributed by atoms with Gasteiger partial charge in [-0.2, -0.15) is 0 Å². The molecule has 3 atom stereocenters. The minimum atomic E-state index is -4.46. The van der Waals surface area contributed by atoms with E-state index < -0.39 is 20.0 Å². The molecule has 0 aliphatic heterocycles. The molecule has 0 heterocycles. The van der Waals surface area contributed by atoms with Gasteiger partial charge in [-0.25, -0.2) is 4.57 Å². The molecule has 0 aliphatic rings. The van der Waals surface area contributed by atoms with Crippen molar-refractivity contribution in [3.63, 3.8) is 0 Å². The lowest BCUT2D eigenvalue weighted by atomic mass is 10.0. The van der Waals surface area contributed by atoms with Crippen LogP contribution in [0.3, 0.4) is 0 Å². The van der Waals surface area contributed by atoms with E-state index in [4.69, 9.17) is 13.8 Å². The first kappa shape index (κ1) is 75.9. The lowest BCUT2D eigenvalue weighted by Gasteiger charge is -2.27. The Hall–Kier alpha value is -3.07. The Bertz CT molecular complexity index is 1670. The van der Waals surface area contributed by atoms with Crippen molar-refractivity contribution in [3.05, 3.63) is 97.2 Å². The van der Waals surface area contributed by atoms with Crippen LogP contribution >= 0.6 is 7.82 Å². The summed E-state index contributed by atoms with van der Waals surface area (Å²) in [5.74, 6) is -0.533. The number of rotatable bonds is 58. The van der Waals surface area contributed by atoms with Crippen LogP contribution in [0.25, 0.3) is 0 Å². The number of likely N-dealkylation sites (N-methyl/N-ethyl adjacent to an activating group) is 1.